The van der Waals surface area contributed by atoms with Gasteiger partial charge in [0.05, 0.1) is 19.6 Å². The van der Waals surface area contributed by atoms with Gasteiger partial charge in [0, 0.05) is 13.1 Å². The smallest absolute Gasteiger partial charge is 0.208 e. The maximum Gasteiger partial charge on any atom is 0.208 e. The Morgan fingerprint density at radius 2 is 0.857 bits per heavy atom. The van der Waals surface area contributed by atoms with Crippen molar-refractivity contribution in [1.29, 1.82) is 0 Å². The van der Waals surface area contributed by atoms with Gasteiger partial charge in [-0.25, -0.2) is 16.8 Å². The minimum atomic E-state index is -4.15. The van der Waals surface area contributed by atoms with Crippen molar-refractivity contribution in [2.75, 3.05) is 0 Å². The van der Waals surface area contributed by atoms with Gasteiger partial charge in [-0.1, -0.05) is 48.5 Å². The van der Waals surface area contributed by atoms with Crippen molar-refractivity contribution >= 4 is 19.7 Å². The zero-order valence-electron chi connectivity index (χ0n) is 14.9. The lowest BCUT2D eigenvalue weighted by Crippen LogP contribution is -2.18. The van der Waals surface area contributed by atoms with Crippen LogP contribution in [0.15, 0.2) is 92.4 Å². The van der Waals surface area contributed by atoms with Gasteiger partial charge in [-0.2, -0.15) is 0 Å². The third kappa shape index (κ3) is 3.47. The lowest BCUT2D eigenvalue weighted by molar-refractivity contribution is 0.579. The monoisotopic (exact) mass is 416 g/mol. The zero-order valence-corrected chi connectivity index (χ0v) is 16.6. The molecule has 0 amide bonds. The molecule has 0 atom stereocenters. The second-order valence-electron chi connectivity index (χ2n) is 6.08. The summed E-state index contributed by atoms with van der Waals surface area (Å²) in [7, 11) is -8.30. The summed E-state index contributed by atoms with van der Waals surface area (Å²) in [5.41, 5.74) is 12.0. The maximum absolute atomic E-state index is 13.4. The van der Waals surface area contributed by atoms with Gasteiger partial charge < -0.3 is 11.5 Å². The van der Waals surface area contributed by atoms with Crippen LogP contribution in [-0.2, 0) is 32.8 Å². The quantitative estimate of drug-likeness (QED) is 0.636. The fraction of sp³-hybridized carbons (Fsp3) is 0.100. The molecule has 8 heteroatoms. The van der Waals surface area contributed by atoms with E-state index in [1.807, 2.05) is 0 Å². The van der Waals surface area contributed by atoms with Crippen molar-refractivity contribution in [1.82, 2.24) is 0 Å². The number of sulfone groups is 2. The van der Waals surface area contributed by atoms with E-state index in [-0.39, 0.29) is 43.8 Å². The molecule has 0 unspecified atom stereocenters. The predicted molar refractivity (Wildman–Crippen MR) is 106 cm³/mol. The highest BCUT2D eigenvalue weighted by atomic mass is 32.2. The van der Waals surface area contributed by atoms with Crippen molar-refractivity contribution in [3.63, 3.8) is 0 Å². The summed E-state index contributed by atoms with van der Waals surface area (Å²) < 4.78 is 53.7. The van der Waals surface area contributed by atoms with Gasteiger partial charge in [-0.3, -0.25) is 0 Å². The Morgan fingerprint density at radius 3 is 1.14 bits per heavy atom. The predicted octanol–water partition coefficient (Wildman–Crippen LogP) is 2.27. The molecule has 4 N–H and O–H groups in total. The first-order valence-corrected chi connectivity index (χ1v) is 11.5. The molecule has 0 aliphatic heterocycles. The third-order valence-electron chi connectivity index (χ3n) is 4.36. The van der Waals surface area contributed by atoms with Crippen molar-refractivity contribution in [3.8, 4) is 0 Å². The Hall–Kier alpha value is -2.52. The maximum atomic E-state index is 13.4. The molecule has 0 saturated heterocycles. The molecule has 0 aromatic heterocycles. The van der Waals surface area contributed by atoms with Gasteiger partial charge in [0.2, 0.25) is 19.7 Å². The highest BCUT2D eigenvalue weighted by Crippen LogP contribution is 2.36. The molecule has 0 radical (unpaired) electrons. The van der Waals surface area contributed by atoms with Crippen molar-refractivity contribution in [3.05, 3.63) is 83.9 Å². The normalized spacial score (nSPS) is 12.1. The average molecular weight is 417 g/mol. The third-order valence-corrected chi connectivity index (χ3v) is 8.28. The number of benzene rings is 3. The van der Waals surface area contributed by atoms with Crippen molar-refractivity contribution in [2.24, 2.45) is 11.5 Å². The SMILES string of the molecule is NCc1ccc(CN)c(S(=O)(=O)c2ccccc2)c1S(=O)(=O)c1ccccc1. The van der Waals surface area contributed by atoms with Crippen LogP contribution in [-0.4, -0.2) is 16.8 Å². The summed E-state index contributed by atoms with van der Waals surface area (Å²) in [6.45, 7) is -0.271. The molecule has 28 heavy (non-hydrogen) atoms. The number of hydrogen-bond acceptors (Lipinski definition) is 6. The molecule has 6 nitrogen and oxygen atoms in total. The van der Waals surface area contributed by atoms with Gasteiger partial charge in [0.1, 0.15) is 0 Å². The van der Waals surface area contributed by atoms with Crippen LogP contribution in [0.3, 0.4) is 0 Å². The van der Waals surface area contributed by atoms with E-state index in [1.165, 1.54) is 36.4 Å². The van der Waals surface area contributed by atoms with Crippen LogP contribution in [0.5, 0.6) is 0 Å². The van der Waals surface area contributed by atoms with Crippen LogP contribution in [0.25, 0.3) is 0 Å². The van der Waals surface area contributed by atoms with Gasteiger partial charge in [0.25, 0.3) is 0 Å². The first kappa shape index (κ1) is 20.2. The summed E-state index contributed by atoms with van der Waals surface area (Å²) in [5, 5.41) is 0. The van der Waals surface area contributed by atoms with Crippen molar-refractivity contribution in [2.45, 2.75) is 32.7 Å². The second kappa shape index (κ2) is 7.84. The fourth-order valence-electron chi connectivity index (χ4n) is 2.99. The molecule has 0 spiro atoms. The molecule has 0 aliphatic carbocycles. The number of nitrogens with two attached hydrogens (primary N) is 2. The van der Waals surface area contributed by atoms with Crippen LogP contribution in [0.4, 0.5) is 0 Å². The van der Waals surface area contributed by atoms with E-state index in [2.05, 4.69) is 0 Å². The van der Waals surface area contributed by atoms with Crippen molar-refractivity contribution < 1.29 is 16.8 Å². The Morgan fingerprint density at radius 1 is 0.536 bits per heavy atom. The summed E-state index contributed by atoms with van der Waals surface area (Å²) in [4.78, 5) is -0.646. The minimum Gasteiger partial charge on any atom is -0.326 e. The van der Waals surface area contributed by atoms with Gasteiger partial charge in [0.15, 0.2) is 0 Å². The van der Waals surface area contributed by atoms with E-state index in [4.69, 9.17) is 11.5 Å². The molecule has 0 bridgehead atoms. The van der Waals surface area contributed by atoms with Gasteiger partial charge >= 0.3 is 0 Å². The van der Waals surface area contributed by atoms with Gasteiger partial charge in [-0.05, 0) is 35.4 Å². The fourth-order valence-corrected chi connectivity index (χ4v) is 6.89. The van der Waals surface area contributed by atoms with Crippen LogP contribution in [0.2, 0.25) is 0 Å². The van der Waals surface area contributed by atoms with E-state index in [1.54, 1.807) is 36.4 Å². The Labute approximate surface area is 164 Å². The minimum absolute atomic E-state index is 0.0108. The molecule has 3 aromatic rings. The first-order chi connectivity index (χ1) is 13.3. The van der Waals surface area contributed by atoms with Crippen LogP contribution in [0.1, 0.15) is 11.1 Å². The van der Waals surface area contributed by atoms with E-state index in [0.717, 1.165) is 0 Å². The molecule has 0 fully saturated rings. The standard InChI is InChI=1S/C20H20N2O4S2/c21-13-15-11-12-16(14-22)20(28(25,26)18-9-5-2-6-10-18)19(15)27(23,24)17-7-3-1-4-8-17/h1-12H,13-14,21-22H2. The van der Waals surface area contributed by atoms with Gasteiger partial charge in [-0.15, -0.1) is 0 Å². The Bertz CT molecular complexity index is 1100. The highest BCUT2D eigenvalue weighted by molar-refractivity contribution is 7.94. The molecule has 146 valence electrons. The molecular formula is C20H20N2O4S2. The Kier molecular flexibility index (Phi) is 5.66. The molecule has 0 aliphatic rings. The van der Waals surface area contributed by atoms with E-state index in [9.17, 15) is 16.8 Å². The molecule has 3 aromatic carbocycles. The summed E-state index contributed by atoms with van der Waals surface area (Å²) >= 11 is 0. The molecule has 3 rings (SSSR count). The van der Waals surface area contributed by atoms with E-state index in [0.29, 0.717) is 0 Å². The molecule has 0 saturated carbocycles. The largest absolute Gasteiger partial charge is 0.326 e. The highest BCUT2D eigenvalue weighted by Gasteiger charge is 2.33. The van der Waals surface area contributed by atoms with Crippen LogP contribution in [0, 0.1) is 0 Å². The zero-order chi connectivity index (χ0) is 20.4. The number of hydrogen-bond donors (Lipinski definition) is 2. The summed E-state index contributed by atoms with van der Waals surface area (Å²) in [5.74, 6) is 0. The van der Waals surface area contributed by atoms with Crippen LogP contribution < -0.4 is 11.5 Å². The second-order valence-corrected chi connectivity index (χ2v) is 9.86. The van der Waals surface area contributed by atoms with E-state index >= 15 is 0 Å². The summed E-state index contributed by atoms with van der Waals surface area (Å²) in [6, 6.07) is 18.4. The van der Waals surface area contributed by atoms with E-state index < -0.39 is 19.7 Å². The summed E-state index contributed by atoms with van der Waals surface area (Å²) in [6.07, 6.45) is 0. The average Bonchev–Trinajstić information content (AvgIpc) is 2.73. The first-order valence-electron chi connectivity index (χ1n) is 8.49. The number of rotatable bonds is 6. The molecule has 0 heterocycles. The Balaban J connectivity index is 2.44. The lowest BCUT2D eigenvalue weighted by Gasteiger charge is -2.18. The topological polar surface area (TPSA) is 120 Å². The molecular weight excluding hydrogens is 396 g/mol. The van der Waals surface area contributed by atoms with Crippen LogP contribution >= 0.6 is 0 Å². The lowest BCUT2D eigenvalue weighted by atomic mass is 10.1.